The molecule has 0 saturated carbocycles. The molecule has 0 aliphatic carbocycles. The van der Waals surface area contributed by atoms with Gasteiger partial charge in [0.05, 0.1) is 49.7 Å². The monoisotopic (exact) mass is 848 g/mol. The van der Waals surface area contributed by atoms with Crippen LogP contribution in [0.2, 0.25) is 0 Å². The van der Waals surface area contributed by atoms with Gasteiger partial charge in [0.2, 0.25) is 17.7 Å². The van der Waals surface area contributed by atoms with Gasteiger partial charge >= 0.3 is 0 Å². The van der Waals surface area contributed by atoms with Crippen molar-refractivity contribution < 1.29 is 42.9 Å². The zero-order valence-electron chi connectivity index (χ0n) is 35.8. The number of amides is 5. The number of rotatable bonds is 12. The van der Waals surface area contributed by atoms with Crippen LogP contribution in [-0.4, -0.2) is 128 Å². The summed E-state index contributed by atoms with van der Waals surface area (Å²) in [5, 5.41) is 3.68. The third-order valence-corrected chi connectivity index (χ3v) is 12.6. The number of aryl methyl sites for hydroxylation is 1. The number of imide groups is 2. The molecule has 5 amide bonds. The average Bonchev–Trinajstić information content (AvgIpc) is 3.52. The number of carbonyl (C=O) groups excluding carboxylic acids is 5. The van der Waals surface area contributed by atoms with E-state index in [4.69, 9.17) is 18.9 Å². The number of ether oxygens (including phenoxy) is 4. The molecular weight excluding hydrogens is 797 g/mol. The van der Waals surface area contributed by atoms with Crippen LogP contribution in [0.4, 0.5) is 5.69 Å². The Morgan fingerprint density at radius 1 is 0.903 bits per heavy atom. The fourth-order valence-electron chi connectivity index (χ4n) is 9.13. The van der Waals surface area contributed by atoms with Crippen LogP contribution < -0.4 is 30.0 Å². The van der Waals surface area contributed by atoms with Crippen LogP contribution in [0.3, 0.4) is 0 Å². The van der Waals surface area contributed by atoms with E-state index in [2.05, 4.69) is 10.2 Å². The summed E-state index contributed by atoms with van der Waals surface area (Å²) in [6.07, 6.45) is 4.05. The van der Waals surface area contributed by atoms with Gasteiger partial charge in [0.1, 0.15) is 23.3 Å². The third kappa shape index (κ3) is 7.99. The maximum absolute atomic E-state index is 13.5. The number of methoxy groups -OCH3 is 2. The largest absolute Gasteiger partial charge is 0.496 e. The number of piperidine rings is 2. The van der Waals surface area contributed by atoms with Gasteiger partial charge < -0.3 is 33.3 Å². The molecule has 0 bridgehead atoms. The first-order chi connectivity index (χ1) is 29.8. The van der Waals surface area contributed by atoms with Crippen LogP contribution in [0.1, 0.15) is 64.8 Å². The van der Waals surface area contributed by atoms with Crippen molar-refractivity contribution in [2.75, 3.05) is 72.6 Å². The molecule has 62 heavy (non-hydrogen) atoms. The Labute approximate surface area is 359 Å². The van der Waals surface area contributed by atoms with Crippen LogP contribution >= 0.6 is 0 Å². The number of aromatic nitrogens is 1. The second-order valence-corrected chi connectivity index (χ2v) is 16.6. The van der Waals surface area contributed by atoms with E-state index in [0.717, 1.165) is 58.6 Å². The highest BCUT2D eigenvalue weighted by Gasteiger charge is 2.46. The van der Waals surface area contributed by atoms with Gasteiger partial charge in [-0.3, -0.25) is 43.9 Å². The summed E-state index contributed by atoms with van der Waals surface area (Å²) in [4.78, 5) is 84.5. The second-order valence-electron chi connectivity index (χ2n) is 16.6. The SMILES string of the molecule is COc1cc(-c2cn(C)c(=O)c3ccc(N(C)C)cc23)cc(OC)c1CN1CCC2(CC1)CN(C(=O)CCCOc1cccc3c1C(=O)N(C1CCC(=O)NC1=O)C3=O)CCO2. The van der Waals surface area contributed by atoms with Crippen molar-refractivity contribution in [2.24, 2.45) is 7.05 Å². The molecule has 326 valence electrons. The van der Waals surface area contributed by atoms with Crippen molar-refractivity contribution in [3.63, 3.8) is 0 Å². The molecule has 4 aromatic rings. The van der Waals surface area contributed by atoms with Crippen LogP contribution in [0.25, 0.3) is 21.9 Å². The minimum atomic E-state index is -1.07. The van der Waals surface area contributed by atoms with Gasteiger partial charge in [-0.05, 0) is 79.1 Å². The quantitative estimate of drug-likeness (QED) is 0.162. The van der Waals surface area contributed by atoms with E-state index < -0.39 is 35.3 Å². The Balaban J connectivity index is 0.874. The zero-order valence-corrected chi connectivity index (χ0v) is 35.8. The molecule has 16 heteroatoms. The number of hydrogen-bond donors (Lipinski definition) is 1. The molecule has 16 nitrogen and oxygen atoms in total. The number of pyridine rings is 1. The van der Waals surface area contributed by atoms with Crippen LogP contribution in [0, 0.1) is 0 Å². The van der Waals surface area contributed by atoms with Gasteiger partial charge in [-0.25, -0.2) is 0 Å². The number of benzene rings is 3. The molecule has 3 saturated heterocycles. The molecule has 8 rings (SSSR count). The fraction of sp³-hybridized carbons (Fsp3) is 0.435. The summed E-state index contributed by atoms with van der Waals surface area (Å²) >= 11 is 0. The third-order valence-electron chi connectivity index (χ3n) is 12.6. The zero-order chi connectivity index (χ0) is 43.9. The predicted molar refractivity (Wildman–Crippen MR) is 230 cm³/mol. The highest BCUT2D eigenvalue weighted by atomic mass is 16.5. The first kappa shape index (κ1) is 42.4. The minimum Gasteiger partial charge on any atom is -0.496 e. The summed E-state index contributed by atoms with van der Waals surface area (Å²) in [6.45, 7) is 3.63. The number of carbonyl (C=O) groups is 5. The lowest BCUT2D eigenvalue weighted by atomic mass is 9.88. The Hall–Kier alpha value is -6.26. The maximum Gasteiger partial charge on any atom is 0.266 e. The number of anilines is 1. The Kier molecular flexibility index (Phi) is 11.8. The molecule has 5 heterocycles. The average molecular weight is 849 g/mol. The van der Waals surface area contributed by atoms with Crippen molar-refractivity contribution in [2.45, 2.75) is 56.7 Å². The maximum atomic E-state index is 13.5. The van der Waals surface area contributed by atoms with E-state index in [9.17, 15) is 28.8 Å². The van der Waals surface area contributed by atoms with Gasteiger partial charge in [0.15, 0.2) is 0 Å². The van der Waals surface area contributed by atoms with Crippen molar-refractivity contribution >= 4 is 46.0 Å². The number of likely N-dealkylation sites (tertiary alicyclic amines) is 1. The number of nitrogens with one attached hydrogen (secondary N) is 1. The normalized spacial score (nSPS) is 18.9. The molecular formula is C46H52N6O10. The van der Waals surface area contributed by atoms with Crippen LogP contribution in [-0.2, 0) is 32.7 Å². The van der Waals surface area contributed by atoms with Crippen LogP contribution in [0.5, 0.6) is 17.2 Å². The van der Waals surface area contributed by atoms with Crippen molar-refractivity contribution in [3.05, 3.63) is 81.8 Å². The van der Waals surface area contributed by atoms with E-state index in [0.29, 0.717) is 49.5 Å². The van der Waals surface area contributed by atoms with Gasteiger partial charge in [0, 0.05) is 89.5 Å². The molecule has 4 aliphatic rings. The molecule has 3 aromatic carbocycles. The lowest BCUT2D eigenvalue weighted by Crippen LogP contribution is -2.57. The molecule has 0 radical (unpaired) electrons. The Morgan fingerprint density at radius 2 is 1.65 bits per heavy atom. The summed E-state index contributed by atoms with van der Waals surface area (Å²) in [7, 11) is 9.01. The summed E-state index contributed by atoms with van der Waals surface area (Å²) in [5.41, 5.74) is 3.37. The van der Waals surface area contributed by atoms with E-state index in [-0.39, 0.29) is 54.2 Å². The molecule has 3 fully saturated rings. The molecule has 1 aromatic heterocycles. The first-order valence-corrected chi connectivity index (χ1v) is 21.0. The van der Waals surface area contributed by atoms with E-state index in [1.807, 2.05) is 60.4 Å². The molecule has 1 unspecified atom stereocenters. The first-order valence-electron chi connectivity index (χ1n) is 21.0. The van der Waals surface area contributed by atoms with E-state index in [1.54, 1.807) is 38.0 Å². The van der Waals surface area contributed by atoms with Crippen molar-refractivity contribution in [1.29, 1.82) is 0 Å². The highest BCUT2D eigenvalue weighted by molar-refractivity contribution is 6.24. The topological polar surface area (TPSA) is 169 Å². The summed E-state index contributed by atoms with van der Waals surface area (Å²) in [6, 6.07) is 13.5. The Bertz CT molecular complexity index is 2500. The van der Waals surface area contributed by atoms with E-state index in [1.165, 1.54) is 6.07 Å². The number of fused-ring (bicyclic) bond motifs is 2. The summed E-state index contributed by atoms with van der Waals surface area (Å²) in [5.74, 6) is -0.786. The lowest BCUT2D eigenvalue weighted by molar-refractivity contribution is -0.159. The number of hydrogen-bond acceptors (Lipinski definition) is 12. The van der Waals surface area contributed by atoms with Gasteiger partial charge in [-0.15, -0.1) is 0 Å². The van der Waals surface area contributed by atoms with Gasteiger partial charge in [-0.1, -0.05) is 6.07 Å². The van der Waals surface area contributed by atoms with Crippen molar-refractivity contribution in [1.82, 2.24) is 24.6 Å². The van der Waals surface area contributed by atoms with Gasteiger partial charge in [-0.2, -0.15) is 0 Å². The number of morpholine rings is 1. The van der Waals surface area contributed by atoms with E-state index >= 15 is 0 Å². The highest BCUT2D eigenvalue weighted by Crippen LogP contribution is 2.40. The standard InChI is InChI=1S/C46H52N6O10/c1-48(2)29-11-12-30-32(24-29)33(25-49(3)43(30)56)28-22-37(59-4)34(38(23-28)60-5)26-50-17-15-46(16-18-50)27-51(19-21-62-46)40(54)10-7-20-61-36-9-6-8-31-41(36)45(58)52(44(31)57)35-13-14-39(53)47-42(35)55/h6,8-9,11-12,22-25,35H,7,10,13-21,26-27H2,1-5H3,(H,47,53,55). The summed E-state index contributed by atoms with van der Waals surface area (Å²) < 4.78 is 25.9. The smallest absolute Gasteiger partial charge is 0.266 e. The Morgan fingerprint density at radius 3 is 2.34 bits per heavy atom. The predicted octanol–water partition coefficient (Wildman–Crippen LogP) is 3.74. The van der Waals surface area contributed by atoms with Gasteiger partial charge in [0.25, 0.3) is 17.4 Å². The van der Waals surface area contributed by atoms with Crippen LogP contribution in [0.15, 0.2) is 59.5 Å². The number of nitrogens with zero attached hydrogens (tertiary/aromatic N) is 5. The minimum absolute atomic E-state index is 0.00829. The fourth-order valence-corrected chi connectivity index (χ4v) is 9.13. The molecule has 1 N–H and O–H groups in total. The molecule has 4 aliphatic heterocycles. The molecule has 1 atom stereocenters. The lowest BCUT2D eigenvalue weighted by Gasteiger charge is -2.47. The van der Waals surface area contributed by atoms with Crippen molar-refractivity contribution in [3.8, 4) is 28.4 Å². The molecule has 1 spiro atoms. The second kappa shape index (κ2) is 17.2.